The van der Waals surface area contributed by atoms with E-state index in [1.807, 2.05) is 39.8 Å². The first-order valence-electron chi connectivity index (χ1n) is 7.17. The van der Waals surface area contributed by atoms with Gasteiger partial charge in [0.25, 0.3) is 0 Å². The predicted octanol–water partition coefficient (Wildman–Crippen LogP) is 1.65. The van der Waals surface area contributed by atoms with E-state index in [9.17, 15) is 10.2 Å². The van der Waals surface area contributed by atoms with E-state index >= 15 is 0 Å². The Bertz CT molecular complexity index is 407. The van der Waals surface area contributed by atoms with E-state index in [-0.39, 0.29) is 18.6 Å². The maximum atomic E-state index is 9.84. The van der Waals surface area contributed by atoms with Gasteiger partial charge in [-0.25, -0.2) is 0 Å². The number of benzene rings is 1. The van der Waals surface area contributed by atoms with Crippen LogP contribution < -0.4 is 10.1 Å². The van der Waals surface area contributed by atoms with Crippen molar-refractivity contribution in [3.8, 4) is 5.75 Å². The van der Waals surface area contributed by atoms with Crippen molar-refractivity contribution in [2.45, 2.75) is 39.9 Å². The van der Waals surface area contributed by atoms with Crippen LogP contribution in [-0.4, -0.2) is 42.1 Å². The van der Waals surface area contributed by atoms with Gasteiger partial charge in [0.15, 0.2) is 0 Å². The SMILES string of the molecule is Cc1ccc(OCC(O)CNCC(O)C(C)C)c(C)c1. The van der Waals surface area contributed by atoms with Crippen LogP contribution in [-0.2, 0) is 0 Å². The van der Waals surface area contributed by atoms with Gasteiger partial charge in [-0.2, -0.15) is 0 Å². The number of aryl methyl sites for hydroxylation is 2. The van der Waals surface area contributed by atoms with E-state index in [1.54, 1.807) is 0 Å². The Morgan fingerprint density at radius 2 is 1.85 bits per heavy atom. The van der Waals surface area contributed by atoms with E-state index < -0.39 is 6.10 Å². The number of ether oxygens (including phenoxy) is 1. The molecule has 1 rings (SSSR count). The molecule has 3 N–H and O–H groups in total. The smallest absolute Gasteiger partial charge is 0.122 e. The first-order chi connectivity index (χ1) is 9.40. The van der Waals surface area contributed by atoms with Crippen LogP contribution in [0.1, 0.15) is 25.0 Å². The van der Waals surface area contributed by atoms with Crippen molar-refractivity contribution in [1.82, 2.24) is 5.32 Å². The Kier molecular flexibility index (Phi) is 6.99. The molecule has 0 aromatic heterocycles. The summed E-state index contributed by atoms with van der Waals surface area (Å²) in [5, 5.41) is 22.5. The average molecular weight is 281 g/mol. The van der Waals surface area contributed by atoms with Gasteiger partial charge >= 0.3 is 0 Å². The Morgan fingerprint density at radius 3 is 2.45 bits per heavy atom. The number of rotatable bonds is 8. The molecule has 2 unspecified atom stereocenters. The van der Waals surface area contributed by atoms with Crippen LogP contribution in [0.25, 0.3) is 0 Å². The van der Waals surface area contributed by atoms with Crippen molar-refractivity contribution in [2.24, 2.45) is 5.92 Å². The maximum Gasteiger partial charge on any atom is 0.122 e. The molecule has 0 saturated carbocycles. The molecule has 4 heteroatoms. The fourth-order valence-electron chi connectivity index (χ4n) is 1.84. The molecular formula is C16H27NO3. The van der Waals surface area contributed by atoms with Crippen LogP contribution in [0.5, 0.6) is 5.75 Å². The van der Waals surface area contributed by atoms with Crippen molar-refractivity contribution < 1.29 is 14.9 Å². The largest absolute Gasteiger partial charge is 0.491 e. The van der Waals surface area contributed by atoms with Crippen LogP contribution >= 0.6 is 0 Å². The summed E-state index contributed by atoms with van der Waals surface area (Å²) in [6, 6.07) is 5.97. The zero-order valence-corrected chi connectivity index (χ0v) is 12.9. The van der Waals surface area contributed by atoms with Crippen molar-refractivity contribution in [2.75, 3.05) is 19.7 Å². The Hall–Kier alpha value is -1.10. The van der Waals surface area contributed by atoms with Gasteiger partial charge in [-0.3, -0.25) is 0 Å². The molecule has 0 aliphatic carbocycles. The molecule has 0 radical (unpaired) electrons. The summed E-state index contributed by atoms with van der Waals surface area (Å²) in [4.78, 5) is 0. The zero-order chi connectivity index (χ0) is 15.1. The molecular weight excluding hydrogens is 254 g/mol. The first kappa shape index (κ1) is 17.0. The molecule has 1 aromatic carbocycles. The zero-order valence-electron chi connectivity index (χ0n) is 12.9. The van der Waals surface area contributed by atoms with Crippen molar-refractivity contribution in [3.63, 3.8) is 0 Å². The second-order valence-corrected chi connectivity index (χ2v) is 5.70. The van der Waals surface area contributed by atoms with Gasteiger partial charge in [0, 0.05) is 13.1 Å². The summed E-state index contributed by atoms with van der Waals surface area (Å²) >= 11 is 0. The Labute approximate surface area is 121 Å². The standard InChI is InChI=1S/C16H27NO3/c1-11(2)15(19)9-17-8-14(18)10-20-16-6-5-12(3)7-13(16)4/h5-7,11,14-15,17-19H,8-10H2,1-4H3. The third-order valence-corrected chi connectivity index (χ3v) is 3.26. The van der Waals surface area contributed by atoms with Crippen LogP contribution in [0, 0.1) is 19.8 Å². The van der Waals surface area contributed by atoms with Crippen LogP contribution in [0.2, 0.25) is 0 Å². The van der Waals surface area contributed by atoms with Gasteiger partial charge in [0.1, 0.15) is 18.5 Å². The molecule has 0 fully saturated rings. The summed E-state index contributed by atoms with van der Waals surface area (Å²) in [5.74, 6) is 1.02. The van der Waals surface area contributed by atoms with E-state index in [1.165, 1.54) is 5.56 Å². The lowest BCUT2D eigenvalue weighted by molar-refractivity contribution is 0.0906. The third kappa shape index (κ3) is 5.90. The number of aliphatic hydroxyl groups is 2. The Morgan fingerprint density at radius 1 is 1.15 bits per heavy atom. The molecule has 0 spiro atoms. The summed E-state index contributed by atoms with van der Waals surface area (Å²) in [6.45, 7) is 9.10. The number of hydrogen-bond acceptors (Lipinski definition) is 4. The molecule has 1 aromatic rings. The second-order valence-electron chi connectivity index (χ2n) is 5.70. The first-order valence-corrected chi connectivity index (χ1v) is 7.17. The summed E-state index contributed by atoms with van der Waals surface area (Å²) in [6.07, 6.45) is -0.975. The van der Waals surface area contributed by atoms with Crippen LogP contribution in [0.3, 0.4) is 0 Å². The molecule has 0 aliphatic heterocycles. The van der Waals surface area contributed by atoms with Crippen molar-refractivity contribution in [1.29, 1.82) is 0 Å². The van der Waals surface area contributed by atoms with Gasteiger partial charge in [-0.05, 0) is 31.4 Å². The molecule has 0 saturated heterocycles. The van der Waals surface area contributed by atoms with Gasteiger partial charge < -0.3 is 20.3 Å². The molecule has 4 nitrogen and oxygen atoms in total. The van der Waals surface area contributed by atoms with Gasteiger partial charge in [0.2, 0.25) is 0 Å². The molecule has 2 atom stereocenters. The second kappa shape index (κ2) is 8.25. The minimum atomic E-state index is -0.588. The lowest BCUT2D eigenvalue weighted by Crippen LogP contribution is -2.37. The highest BCUT2D eigenvalue weighted by molar-refractivity contribution is 5.35. The summed E-state index contributed by atoms with van der Waals surface area (Å²) in [5.41, 5.74) is 2.26. The minimum Gasteiger partial charge on any atom is -0.491 e. The Balaban J connectivity index is 2.27. The predicted molar refractivity (Wildman–Crippen MR) is 81.1 cm³/mol. The number of hydrogen-bond donors (Lipinski definition) is 3. The molecule has 0 heterocycles. The van der Waals surface area contributed by atoms with E-state index in [0.717, 1.165) is 11.3 Å². The molecule has 0 bridgehead atoms. The van der Waals surface area contributed by atoms with Crippen LogP contribution in [0.15, 0.2) is 18.2 Å². The number of nitrogens with one attached hydrogen (secondary N) is 1. The van der Waals surface area contributed by atoms with Gasteiger partial charge in [-0.1, -0.05) is 31.5 Å². The normalized spacial score (nSPS) is 14.3. The molecule has 0 amide bonds. The lowest BCUT2D eigenvalue weighted by atomic mass is 10.1. The average Bonchev–Trinajstić information content (AvgIpc) is 2.37. The number of aliphatic hydroxyl groups excluding tert-OH is 2. The topological polar surface area (TPSA) is 61.7 Å². The van der Waals surface area contributed by atoms with Crippen LogP contribution in [0.4, 0.5) is 0 Å². The summed E-state index contributed by atoms with van der Waals surface area (Å²) < 4.78 is 5.61. The quantitative estimate of drug-likeness (QED) is 0.678. The highest BCUT2D eigenvalue weighted by Gasteiger charge is 2.11. The third-order valence-electron chi connectivity index (χ3n) is 3.26. The lowest BCUT2D eigenvalue weighted by Gasteiger charge is -2.18. The van der Waals surface area contributed by atoms with E-state index in [2.05, 4.69) is 11.4 Å². The fraction of sp³-hybridized carbons (Fsp3) is 0.625. The van der Waals surface area contributed by atoms with Crippen molar-refractivity contribution >= 4 is 0 Å². The van der Waals surface area contributed by atoms with E-state index in [0.29, 0.717) is 13.1 Å². The van der Waals surface area contributed by atoms with Crippen molar-refractivity contribution in [3.05, 3.63) is 29.3 Å². The van der Waals surface area contributed by atoms with Gasteiger partial charge in [-0.15, -0.1) is 0 Å². The van der Waals surface area contributed by atoms with Gasteiger partial charge in [0.05, 0.1) is 6.10 Å². The highest BCUT2D eigenvalue weighted by Crippen LogP contribution is 2.18. The molecule has 0 aliphatic rings. The maximum absolute atomic E-state index is 9.84. The summed E-state index contributed by atoms with van der Waals surface area (Å²) in [7, 11) is 0. The minimum absolute atomic E-state index is 0.214. The highest BCUT2D eigenvalue weighted by atomic mass is 16.5. The molecule has 114 valence electrons. The monoisotopic (exact) mass is 281 g/mol. The fourth-order valence-corrected chi connectivity index (χ4v) is 1.84. The van der Waals surface area contributed by atoms with E-state index in [4.69, 9.17) is 4.74 Å². The molecule has 20 heavy (non-hydrogen) atoms.